The van der Waals surface area contributed by atoms with Gasteiger partial charge in [0.1, 0.15) is 0 Å². The smallest absolute Gasteiger partial charge is 0.269 e. The van der Waals surface area contributed by atoms with Crippen LogP contribution in [-0.4, -0.2) is 59.2 Å². The number of pyridine rings is 1. The molecule has 1 unspecified atom stereocenters. The molecule has 1 aromatic heterocycles. The molecule has 0 saturated heterocycles. The maximum atomic E-state index is 12.0. The van der Waals surface area contributed by atoms with E-state index >= 15 is 0 Å². The van der Waals surface area contributed by atoms with E-state index in [4.69, 9.17) is 0 Å². The first-order valence-corrected chi connectivity index (χ1v) is 8.67. The molecule has 0 bridgehead atoms. The normalized spacial score (nSPS) is 16.8. The number of nitrogens with one attached hydrogen (secondary N) is 2. The van der Waals surface area contributed by atoms with E-state index in [9.17, 15) is 9.00 Å². The van der Waals surface area contributed by atoms with Crippen molar-refractivity contribution in [2.75, 3.05) is 27.7 Å². The number of carbonyl (C=O) groups excluding carboxylic acids is 1. The lowest BCUT2D eigenvalue weighted by atomic mass is 10.1. The van der Waals surface area contributed by atoms with Crippen molar-refractivity contribution in [1.29, 1.82) is 0 Å². The molecule has 0 fully saturated rings. The number of ketones is 1. The van der Waals surface area contributed by atoms with Gasteiger partial charge in [0.25, 0.3) is 11.2 Å². The van der Waals surface area contributed by atoms with Crippen molar-refractivity contribution in [3.63, 3.8) is 0 Å². The Hall–Kier alpha value is -2.13. The lowest BCUT2D eigenvalue weighted by Crippen LogP contribution is -2.39. The molecular weight excluding hydrogens is 328 g/mol. The van der Waals surface area contributed by atoms with Gasteiger partial charge in [0.2, 0.25) is 0 Å². The summed E-state index contributed by atoms with van der Waals surface area (Å²) in [7, 11) is 5.64. The summed E-state index contributed by atoms with van der Waals surface area (Å²) in [5, 5.41) is 5.66. The standard InChI is InChI=1S/C15H22N6O2S/c1-16-14-15(20-24(23)19-14)17-9-13(22)8-7-11-5-4-6-12(18-11)10-21(2)3/h4-6H,7-10H2,1-3H3,(H,16,19)(H,17,20). The number of hydrogen-bond acceptors (Lipinski definition) is 6. The highest BCUT2D eigenvalue weighted by atomic mass is 32.2. The van der Waals surface area contributed by atoms with E-state index in [1.165, 1.54) is 0 Å². The quantitative estimate of drug-likeness (QED) is 0.709. The number of likely N-dealkylation sites (N-methyl/N-ethyl adjacent to an activating group) is 1. The van der Waals surface area contributed by atoms with Crippen LogP contribution in [0.25, 0.3) is 0 Å². The number of amidine groups is 2. The van der Waals surface area contributed by atoms with Crippen molar-refractivity contribution in [2.24, 2.45) is 8.80 Å². The van der Waals surface area contributed by atoms with E-state index in [0.717, 1.165) is 17.9 Å². The molecule has 2 N–H and O–H groups in total. The van der Waals surface area contributed by atoms with Crippen LogP contribution in [0.2, 0.25) is 0 Å². The first kappa shape index (κ1) is 18.2. The van der Waals surface area contributed by atoms with Gasteiger partial charge in [0.15, 0.2) is 17.5 Å². The van der Waals surface area contributed by atoms with Crippen molar-refractivity contribution < 1.29 is 9.00 Å². The zero-order valence-electron chi connectivity index (χ0n) is 14.1. The average Bonchev–Trinajstić information content (AvgIpc) is 2.90. The van der Waals surface area contributed by atoms with Crippen molar-refractivity contribution in [3.8, 4) is 0 Å². The van der Waals surface area contributed by atoms with Crippen molar-refractivity contribution in [2.45, 2.75) is 19.4 Å². The van der Waals surface area contributed by atoms with E-state index in [1.807, 2.05) is 37.2 Å². The van der Waals surface area contributed by atoms with E-state index in [2.05, 4.69) is 24.4 Å². The molecule has 0 aromatic carbocycles. The molecule has 2 heterocycles. The Kier molecular flexibility index (Phi) is 6.56. The first-order chi connectivity index (χ1) is 11.5. The van der Waals surface area contributed by atoms with Crippen molar-refractivity contribution >= 4 is 28.6 Å². The van der Waals surface area contributed by atoms with Gasteiger partial charge < -0.3 is 15.5 Å². The number of carbonyl (C=O) groups is 1. The molecule has 1 aliphatic heterocycles. The molecule has 0 aliphatic carbocycles. The lowest BCUT2D eigenvalue weighted by molar-refractivity contribution is -0.118. The van der Waals surface area contributed by atoms with E-state index in [-0.39, 0.29) is 12.3 Å². The summed E-state index contributed by atoms with van der Waals surface area (Å²) in [4.78, 5) is 18.6. The average molecular weight is 350 g/mol. The van der Waals surface area contributed by atoms with Gasteiger partial charge in [-0.3, -0.25) is 9.78 Å². The van der Waals surface area contributed by atoms with Crippen LogP contribution in [-0.2, 0) is 28.9 Å². The molecular formula is C15H22N6O2S. The van der Waals surface area contributed by atoms with Crippen molar-refractivity contribution in [3.05, 3.63) is 29.6 Å². The molecule has 24 heavy (non-hydrogen) atoms. The Morgan fingerprint density at radius 1 is 1.21 bits per heavy atom. The second-order valence-corrected chi connectivity index (χ2v) is 6.44. The minimum Gasteiger partial charge on any atom is -0.369 e. The lowest BCUT2D eigenvalue weighted by Gasteiger charge is -2.10. The van der Waals surface area contributed by atoms with Gasteiger partial charge in [-0.25, -0.2) is 4.21 Å². The first-order valence-electron chi connectivity index (χ1n) is 7.60. The zero-order valence-corrected chi connectivity index (χ0v) is 14.9. The van der Waals surface area contributed by atoms with E-state index in [1.54, 1.807) is 7.05 Å². The van der Waals surface area contributed by atoms with Crippen LogP contribution in [0.15, 0.2) is 27.0 Å². The maximum absolute atomic E-state index is 12.0. The second-order valence-electron chi connectivity index (χ2n) is 5.61. The molecule has 1 atom stereocenters. The highest BCUT2D eigenvalue weighted by molar-refractivity contribution is 7.83. The van der Waals surface area contributed by atoms with Crippen LogP contribution in [0.3, 0.4) is 0 Å². The SMILES string of the molecule is CNC1=NS(=O)N=C1NCC(=O)CCc1cccc(CN(C)C)n1. The molecule has 0 spiro atoms. The van der Waals surface area contributed by atoms with Crippen LogP contribution in [0.1, 0.15) is 17.8 Å². The Bertz CT molecular complexity index is 686. The predicted molar refractivity (Wildman–Crippen MR) is 95.0 cm³/mol. The number of rotatable bonds is 7. The summed E-state index contributed by atoms with van der Waals surface area (Å²) in [5.41, 5.74) is 1.89. The second kappa shape index (κ2) is 8.65. The predicted octanol–water partition coefficient (Wildman–Crippen LogP) is -0.157. The fourth-order valence-corrected chi connectivity index (χ4v) is 2.84. The molecule has 0 saturated carbocycles. The molecule has 1 aromatic rings. The Labute approximate surface area is 144 Å². The molecule has 0 amide bonds. The largest absolute Gasteiger partial charge is 0.369 e. The summed E-state index contributed by atoms with van der Waals surface area (Å²) in [6, 6.07) is 5.86. The van der Waals surface area contributed by atoms with Crippen LogP contribution in [0, 0.1) is 0 Å². The van der Waals surface area contributed by atoms with Gasteiger partial charge in [-0.15, -0.1) is 8.80 Å². The van der Waals surface area contributed by atoms with Crippen LogP contribution < -0.4 is 10.6 Å². The van der Waals surface area contributed by atoms with Gasteiger partial charge in [0.05, 0.1) is 12.2 Å². The van der Waals surface area contributed by atoms with Gasteiger partial charge >= 0.3 is 0 Å². The van der Waals surface area contributed by atoms with Gasteiger partial charge in [-0.1, -0.05) is 6.07 Å². The highest BCUT2D eigenvalue weighted by Gasteiger charge is 2.18. The molecule has 9 heteroatoms. The van der Waals surface area contributed by atoms with Crippen LogP contribution in [0.5, 0.6) is 0 Å². The summed E-state index contributed by atoms with van der Waals surface area (Å²) in [6.07, 6.45) is 0.973. The minimum atomic E-state index is -1.61. The third-order valence-corrected chi connectivity index (χ3v) is 3.93. The fourth-order valence-electron chi connectivity index (χ4n) is 2.16. The van der Waals surface area contributed by atoms with E-state index < -0.39 is 11.2 Å². The summed E-state index contributed by atoms with van der Waals surface area (Å²) in [6.45, 7) is 0.889. The monoisotopic (exact) mass is 350 g/mol. The zero-order chi connectivity index (χ0) is 17.5. The topological polar surface area (TPSA) is 99.0 Å². The molecule has 130 valence electrons. The molecule has 1 aliphatic rings. The number of nitrogens with zero attached hydrogens (tertiary/aromatic N) is 4. The van der Waals surface area contributed by atoms with Crippen LogP contribution in [0.4, 0.5) is 0 Å². The third kappa shape index (κ3) is 5.50. The summed E-state index contributed by atoms with van der Waals surface area (Å²) >= 11 is -1.61. The summed E-state index contributed by atoms with van der Waals surface area (Å²) < 4.78 is 18.8. The van der Waals surface area contributed by atoms with Crippen molar-refractivity contribution in [1.82, 2.24) is 20.5 Å². The fraction of sp³-hybridized carbons (Fsp3) is 0.467. The molecule has 8 nitrogen and oxygen atoms in total. The Morgan fingerprint density at radius 2 is 1.92 bits per heavy atom. The van der Waals surface area contributed by atoms with Crippen LogP contribution >= 0.6 is 0 Å². The number of aryl methyl sites for hydroxylation is 1. The number of aromatic nitrogens is 1. The van der Waals surface area contributed by atoms with E-state index in [0.29, 0.717) is 24.5 Å². The van der Waals surface area contributed by atoms with Gasteiger partial charge in [0, 0.05) is 25.7 Å². The summed E-state index contributed by atoms with van der Waals surface area (Å²) in [5.74, 6) is 0.792. The third-order valence-electron chi connectivity index (χ3n) is 3.26. The number of Topliss-reactive ketones (excluding diaryl/α,β-unsaturated/α-hetero) is 1. The van der Waals surface area contributed by atoms with Gasteiger partial charge in [-0.05, 0) is 32.6 Å². The van der Waals surface area contributed by atoms with Gasteiger partial charge in [-0.2, -0.15) is 0 Å². The molecule has 2 rings (SSSR count). The number of hydrogen-bond donors (Lipinski definition) is 2. The Balaban J connectivity index is 1.80. The Morgan fingerprint density at radius 3 is 2.62 bits per heavy atom. The maximum Gasteiger partial charge on any atom is 0.269 e. The molecule has 0 radical (unpaired) electrons. The highest BCUT2D eigenvalue weighted by Crippen LogP contribution is 2.05. The minimum absolute atomic E-state index is 0.0330.